The van der Waals surface area contributed by atoms with Crippen LogP contribution in [-0.4, -0.2) is 127 Å². The van der Waals surface area contributed by atoms with Gasteiger partial charge in [-0.2, -0.15) is 0 Å². The first kappa shape index (κ1) is 37.7. The van der Waals surface area contributed by atoms with E-state index in [1.165, 1.54) is 48.5 Å². The van der Waals surface area contributed by atoms with E-state index in [9.17, 15) is 55.5 Å². The molecule has 1 aliphatic carbocycles. The highest BCUT2D eigenvalue weighted by Gasteiger charge is 2.47. The first-order valence-corrected chi connectivity index (χ1v) is 16.2. The molecule has 2 fully saturated rings. The van der Waals surface area contributed by atoms with E-state index < -0.39 is 86.0 Å². The summed E-state index contributed by atoms with van der Waals surface area (Å²) in [6.07, 6.45) is -14.4. The monoisotopic (exact) mass is 740 g/mol. The van der Waals surface area contributed by atoms with Gasteiger partial charge in [-0.25, -0.2) is 4.79 Å². The molecule has 53 heavy (non-hydrogen) atoms. The first-order valence-electron chi connectivity index (χ1n) is 16.2. The number of aromatic hydroxyl groups is 2. The summed E-state index contributed by atoms with van der Waals surface area (Å²) in [5.41, 5.74) is 0.281. The van der Waals surface area contributed by atoms with E-state index in [0.717, 1.165) is 18.2 Å². The minimum absolute atomic E-state index is 0.0240. The SMILES string of the molecule is O=C(C=Cc1ccc(O)cc1)OC[C@H]1O[C@@H](Oc2cc3c(O[C@@H]4O[C@H](CO)[C@@H](O)[C@H](O)[C@H]4O)cc(=O)cc-3oc2-c2ccc(O)cc2)[C@H](O)[C@@H](O)[C@@H]1O. The average Bonchev–Trinajstić information content (AvgIpc) is 3.14. The molecule has 0 saturated carbocycles. The summed E-state index contributed by atoms with van der Waals surface area (Å²) in [6.45, 7) is -1.32. The number of hydrogen-bond acceptors (Lipinski definition) is 17. The zero-order valence-corrected chi connectivity index (χ0v) is 27.5. The molecule has 282 valence electrons. The average molecular weight is 741 g/mol. The number of phenolic OH excluding ortho intramolecular Hbond substituents is 2. The molecule has 2 aromatic rings. The maximum Gasteiger partial charge on any atom is 0.330 e. The minimum Gasteiger partial charge on any atom is -0.508 e. The lowest BCUT2D eigenvalue weighted by molar-refractivity contribution is -0.278. The largest absolute Gasteiger partial charge is 0.508 e. The quantitative estimate of drug-likeness (QED) is 0.0728. The summed E-state index contributed by atoms with van der Waals surface area (Å²) in [7, 11) is 0. The Hall–Kier alpha value is -5.08. The van der Waals surface area contributed by atoms with Gasteiger partial charge in [0.2, 0.25) is 12.6 Å². The van der Waals surface area contributed by atoms with Gasteiger partial charge in [0, 0.05) is 23.8 Å². The Kier molecular flexibility index (Phi) is 11.3. The van der Waals surface area contributed by atoms with Crippen LogP contribution in [0.5, 0.6) is 23.0 Å². The van der Waals surface area contributed by atoms with Gasteiger partial charge in [-0.15, -0.1) is 0 Å². The number of carbonyl (C=O) groups excluding carboxylic acids is 1. The summed E-state index contributed by atoms with van der Waals surface area (Å²) >= 11 is 0. The summed E-state index contributed by atoms with van der Waals surface area (Å²) in [6, 6.07) is 15.0. The van der Waals surface area contributed by atoms with Crippen molar-refractivity contribution in [3.8, 4) is 45.6 Å². The number of benzene rings is 3. The van der Waals surface area contributed by atoms with Gasteiger partial charge in [-0.3, -0.25) is 4.79 Å². The van der Waals surface area contributed by atoms with Crippen molar-refractivity contribution in [1.82, 2.24) is 0 Å². The van der Waals surface area contributed by atoms with Crippen molar-refractivity contribution >= 4 is 12.0 Å². The molecule has 4 aliphatic rings. The van der Waals surface area contributed by atoms with Crippen LogP contribution in [0.3, 0.4) is 0 Å². The number of aliphatic hydroxyl groups excluding tert-OH is 7. The van der Waals surface area contributed by atoms with Crippen molar-refractivity contribution in [3.05, 3.63) is 88.6 Å². The predicted octanol–water partition coefficient (Wildman–Crippen LogP) is -0.556. The third kappa shape index (κ3) is 8.28. The smallest absolute Gasteiger partial charge is 0.330 e. The Morgan fingerprint density at radius 2 is 1.26 bits per heavy atom. The van der Waals surface area contributed by atoms with Crippen molar-refractivity contribution in [2.45, 2.75) is 61.4 Å². The van der Waals surface area contributed by atoms with Crippen LogP contribution in [0.15, 0.2) is 82.0 Å². The molecular formula is C36H36O17. The van der Waals surface area contributed by atoms with Crippen LogP contribution < -0.4 is 14.9 Å². The molecule has 0 radical (unpaired) electrons. The molecule has 0 unspecified atom stereocenters. The zero-order valence-electron chi connectivity index (χ0n) is 27.5. The molecule has 0 bridgehead atoms. The van der Waals surface area contributed by atoms with Gasteiger partial charge < -0.3 is 74.1 Å². The van der Waals surface area contributed by atoms with Crippen LogP contribution in [0.25, 0.3) is 28.7 Å². The number of esters is 1. The van der Waals surface area contributed by atoms with E-state index >= 15 is 0 Å². The van der Waals surface area contributed by atoms with Crippen LogP contribution >= 0.6 is 0 Å². The van der Waals surface area contributed by atoms with Crippen LogP contribution in [-0.2, 0) is 19.0 Å². The second-order valence-corrected chi connectivity index (χ2v) is 12.3. The fourth-order valence-electron chi connectivity index (χ4n) is 5.69. The number of hydrogen-bond donors (Lipinski definition) is 9. The molecular weight excluding hydrogens is 704 g/mol. The molecule has 0 amide bonds. The van der Waals surface area contributed by atoms with Crippen molar-refractivity contribution in [3.63, 3.8) is 0 Å². The molecule has 0 spiro atoms. The highest BCUT2D eigenvalue weighted by atomic mass is 16.7. The van der Waals surface area contributed by atoms with Crippen LogP contribution in [0, 0.1) is 0 Å². The normalized spacial score (nSPS) is 28.9. The molecule has 17 heteroatoms. The van der Waals surface area contributed by atoms with E-state index in [1.54, 1.807) is 12.1 Å². The second kappa shape index (κ2) is 15.9. The van der Waals surface area contributed by atoms with E-state index in [1.807, 2.05) is 0 Å². The number of rotatable bonds is 10. The van der Waals surface area contributed by atoms with Gasteiger partial charge in [0.1, 0.15) is 78.4 Å². The summed E-state index contributed by atoms with van der Waals surface area (Å²) < 4.78 is 34.3. The predicted molar refractivity (Wildman–Crippen MR) is 179 cm³/mol. The Bertz CT molecular complexity index is 1920. The molecule has 2 aromatic carbocycles. The number of fused-ring (bicyclic) bond motifs is 1. The Labute approximate surface area is 299 Å². The van der Waals surface area contributed by atoms with Crippen LogP contribution in [0.2, 0.25) is 0 Å². The second-order valence-electron chi connectivity index (χ2n) is 12.3. The summed E-state index contributed by atoms with van der Waals surface area (Å²) in [4.78, 5) is 25.2. The number of ether oxygens (including phenoxy) is 5. The Morgan fingerprint density at radius 1 is 0.698 bits per heavy atom. The van der Waals surface area contributed by atoms with Gasteiger partial charge in [0.25, 0.3) is 0 Å². The topological polar surface area (TPSA) is 275 Å². The van der Waals surface area contributed by atoms with E-state index in [-0.39, 0.29) is 40.1 Å². The fourth-order valence-corrected chi connectivity index (χ4v) is 5.69. The van der Waals surface area contributed by atoms with Gasteiger partial charge in [0.05, 0.1) is 12.2 Å². The standard InChI is InChI=1S/C36H36O17/c37-14-25-28(42)30(44)32(46)35(52-25)50-23-12-20(40)11-22-21(23)13-24(34(49-22)17-4-8-19(39)9-5-17)51-36-33(47)31(45)29(43)26(53-36)15-48-27(41)10-3-16-1-6-18(38)7-2-16/h1-13,25-26,28-33,35-39,42-47H,14-15H2/t25-,26-,28-,29-,30+,31+,32-,33-,35-,36-/m1/s1. The van der Waals surface area contributed by atoms with E-state index in [4.69, 9.17) is 28.1 Å². The maximum atomic E-state index is 12.7. The lowest BCUT2D eigenvalue weighted by Gasteiger charge is -2.40. The highest BCUT2D eigenvalue weighted by molar-refractivity contribution is 5.87. The van der Waals surface area contributed by atoms with Gasteiger partial charge in [-0.05, 0) is 54.1 Å². The molecule has 17 nitrogen and oxygen atoms in total. The van der Waals surface area contributed by atoms with Gasteiger partial charge >= 0.3 is 5.97 Å². The van der Waals surface area contributed by atoms with Crippen LogP contribution in [0.4, 0.5) is 0 Å². The highest BCUT2D eigenvalue weighted by Crippen LogP contribution is 2.43. The molecule has 2 saturated heterocycles. The first-order chi connectivity index (χ1) is 25.3. The Balaban J connectivity index is 1.30. The molecule has 3 aliphatic heterocycles. The maximum absolute atomic E-state index is 12.7. The molecule has 3 heterocycles. The van der Waals surface area contributed by atoms with Gasteiger partial charge in [0.15, 0.2) is 16.9 Å². The third-order valence-corrected chi connectivity index (χ3v) is 8.62. The lowest BCUT2D eigenvalue weighted by atomic mass is 9.99. The number of phenols is 2. The third-order valence-electron chi connectivity index (χ3n) is 8.62. The van der Waals surface area contributed by atoms with Crippen LogP contribution in [0.1, 0.15) is 5.56 Å². The van der Waals surface area contributed by atoms with Crippen molar-refractivity contribution < 1.29 is 78.9 Å². The van der Waals surface area contributed by atoms with E-state index in [2.05, 4.69) is 0 Å². The van der Waals surface area contributed by atoms with Crippen molar-refractivity contribution in [1.29, 1.82) is 0 Å². The minimum atomic E-state index is -1.87. The molecule has 6 rings (SSSR count). The Morgan fingerprint density at radius 3 is 1.89 bits per heavy atom. The number of carbonyl (C=O) groups is 1. The summed E-state index contributed by atoms with van der Waals surface area (Å²) in [5, 5.41) is 92.2. The van der Waals surface area contributed by atoms with Gasteiger partial charge in [-0.1, -0.05) is 12.1 Å². The summed E-state index contributed by atoms with van der Waals surface area (Å²) in [5.74, 6) is -1.49. The van der Waals surface area contributed by atoms with Crippen molar-refractivity contribution in [2.75, 3.05) is 13.2 Å². The molecule has 10 atom stereocenters. The lowest BCUT2D eigenvalue weighted by Crippen LogP contribution is -2.60. The molecule has 0 aromatic heterocycles. The van der Waals surface area contributed by atoms with Crippen molar-refractivity contribution in [2.24, 2.45) is 0 Å². The fraction of sp³-hybridized carbons (Fsp3) is 0.333. The van der Waals surface area contributed by atoms with E-state index in [0.29, 0.717) is 11.1 Å². The number of aliphatic hydroxyl groups is 7. The zero-order chi connectivity index (χ0) is 38.0. The molecule has 9 N–H and O–H groups in total.